The van der Waals surface area contributed by atoms with Crippen LogP contribution in [0, 0.1) is 0 Å². The fraction of sp³-hybridized carbons (Fsp3) is 0.368. The molecule has 0 bridgehead atoms. The van der Waals surface area contributed by atoms with E-state index in [-0.39, 0.29) is 5.91 Å². The fourth-order valence-electron chi connectivity index (χ4n) is 3.08. The molecule has 0 aliphatic carbocycles. The zero-order chi connectivity index (χ0) is 17.5. The zero-order valence-corrected chi connectivity index (χ0v) is 14.7. The van der Waals surface area contributed by atoms with Gasteiger partial charge in [-0.3, -0.25) is 4.79 Å². The highest BCUT2D eigenvalue weighted by Crippen LogP contribution is 2.12. The number of rotatable bonds is 6. The first-order valence-electron chi connectivity index (χ1n) is 8.83. The van der Waals surface area contributed by atoms with Crippen LogP contribution in [-0.2, 0) is 4.79 Å². The molecule has 2 aromatic rings. The molecule has 25 heavy (non-hydrogen) atoms. The Labute approximate surface area is 148 Å². The van der Waals surface area contributed by atoms with Gasteiger partial charge < -0.3 is 14.8 Å². The Hall–Kier alpha value is -2.60. The van der Waals surface area contributed by atoms with Crippen molar-refractivity contribution in [3.63, 3.8) is 0 Å². The van der Waals surface area contributed by atoms with Crippen LogP contribution in [0.3, 0.4) is 0 Å². The maximum Gasteiger partial charge on any atom is 0.245 e. The predicted molar refractivity (Wildman–Crippen MR) is 100.0 cm³/mol. The number of quaternary nitrogens is 1. The molecule has 1 fully saturated rings. The molecule has 1 aliphatic heterocycles. The normalized spacial score (nSPS) is 16.0. The summed E-state index contributed by atoms with van der Waals surface area (Å²) in [6.45, 7) is 6.92. The van der Waals surface area contributed by atoms with E-state index >= 15 is 0 Å². The van der Waals surface area contributed by atoms with E-state index in [0.29, 0.717) is 6.42 Å². The first kappa shape index (κ1) is 17.2. The molecule has 132 valence electrons. The highest BCUT2D eigenvalue weighted by molar-refractivity contribution is 5.97. The van der Waals surface area contributed by atoms with Crippen LogP contribution < -0.4 is 15.2 Å². The number of benzene rings is 1. The van der Waals surface area contributed by atoms with Gasteiger partial charge in [0.2, 0.25) is 5.91 Å². The Bertz CT molecular complexity index is 688. The van der Waals surface area contributed by atoms with Crippen molar-refractivity contribution in [2.45, 2.75) is 13.3 Å². The number of anilines is 1. The van der Waals surface area contributed by atoms with E-state index in [2.05, 4.69) is 44.7 Å². The Morgan fingerprint density at radius 2 is 1.96 bits per heavy atom. The number of nitrogens with one attached hydrogen (secondary N) is 3. The quantitative estimate of drug-likeness (QED) is 0.534. The molecule has 1 aromatic carbocycles. The number of aromatic amines is 1. The molecule has 6 heteroatoms. The van der Waals surface area contributed by atoms with Crippen LogP contribution in [-0.4, -0.2) is 49.3 Å². The third-order valence-electron chi connectivity index (χ3n) is 4.63. The minimum absolute atomic E-state index is 0.0242. The van der Waals surface area contributed by atoms with Gasteiger partial charge in [0.15, 0.2) is 0 Å². The zero-order valence-electron chi connectivity index (χ0n) is 14.7. The maximum atomic E-state index is 12.0. The summed E-state index contributed by atoms with van der Waals surface area (Å²) >= 11 is 0. The van der Waals surface area contributed by atoms with E-state index in [1.54, 1.807) is 0 Å². The number of hydrazone groups is 1. The van der Waals surface area contributed by atoms with Crippen molar-refractivity contribution in [3.05, 3.63) is 54.4 Å². The van der Waals surface area contributed by atoms with Crippen LogP contribution >= 0.6 is 0 Å². The number of aromatic nitrogens is 1. The molecular weight excluding hydrogens is 314 g/mol. The summed E-state index contributed by atoms with van der Waals surface area (Å²) in [6.07, 6.45) is 2.34. The molecule has 0 atom stereocenters. The molecular formula is C19H26N5O+. The van der Waals surface area contributed by atoms with Crippen molar-refractivity contribution in [2.24, 2.45) is 5.10 Å². The van der Waals surface area contributed by atoms with Crippen molar-refractivity contribution in [3.8, 4) is 0 Å². The molecule has 1 amide bonds. The molecule has 6 nitrogen and oxygen atoms in total. The van der Waals surface area contributed by atoms with Gasteiger partial charge in [-0.2, -0.15) is 5.10 Å². The van der Waals surface area contributed by atoms with E-state index in [1.165, 1.54) is 10.6 Å². The number of carbonyl (C=O) groups is 1. The molecule has 3 rings (SSSR count). The minimum atomic E-state index is -0.0242. The Morgan fingerprint density at radius 1 is 1.20 bits per heavy atom. The Balaban J connectivity index is 1.38. The number of hydrogen-bond donors (Lipinski definition) is 3. The molecule has 0 spiro atoms. The molecule has 1 aromatic heterocycles. The van der Waals surface area contributed by atoms with E-state index in [0.717, 1.165) is 44.1 Å². The smallest absolute Gasteiger partial charge is 0.245 e. The molecule has 2 heterocycles. The lowest BCUT2D eigenvalue weighted by atomic mass is 10.2. The van der Waals surface area contributed by atoms with Gasteiger partial charge in [0.1, 0.15) is 0 Å². The molecule has 0 unspecified atom stereocenters. The van der Waals surface area contributed by atoms with E-state index in [4.69, 9.17) is 0 Å². The van der Waals surface area contributed by atoms with E-state index in [1.807, 2.05) is 31.3 Å². The molecule has 1 saturated heterocycles. The van der Waals surface area contributed by atoms with Crippen LogP contribution in [0.1, 0.15) is 19.0 Å². The summed E-state index contributed by atoms with van der Waals surface area (Å²) in [4.78, 5) is 19.0. The number of carbonyl (C=O) groups excluding carboxylic acids is 1. The van der Waals surface area contributed by atoms with Gasteiger partial charge in [0.25, 0.3) is 0 Å². The number of piperazine rings is 1. The molecule has 1 aliphatic rings. The summed E-state index contributed by atoms with van der Waals surface area (Å²) in [6, 6.07) is 14.4. The highest BCUT2D eigenvalue weighted by atomic mass is 16.2. The summed E-state index contributed by atoms with van der Waals surface area (Å²) < 4.78 is 0. The van der Waals surface area contributed by atoms with E-state index in [9.17, 15) is 4.79 Å². The second kappa shape index (κ2) is 8.48. The highest BCUT2D eigenvalue weighted by Gasteiger charge is 2.20. The van der Waals surface area contributed by atoms with Gasteiger partial charge in [-0.1, -0.05) is 18.2 Å². The summed E-state index contributed by atoms with van der Waals surface area (Å²) in [7, 11) is 0. The second-order valence-electron chi connectivity index (χ2n) is 6.39. The average Bonchev–Trinajstić information content (AvgIpc) is 3.20. The van der Waals surface area contributed by atoms with Crippen molar-refractivity contribution < 1.29 is 9.69 Å². The minimum Gasteiger partial charge on any atom is -0.360 e. The molecule has 0 saturated carbocycles. The van der Waals surface area contributed by atoms with Crippen LogP contribution in [0.5, 0.6) is 0 Å². The van der Waals surface area contributed by atoms with Crippen molar-refractivity contribution in [1.29, 1.82) is 0 Å². The first-order chi connectivity index (χ1) is 12.2. The lowest BCUT2D eigenvalue weighted by Gasteiger charge is -2.33. The summed E-state index contributed by atoms with van der Waals surface area (Å²) in [5, 5.41) is 4.15. The van der Waals surface area contributed by atoms with Crippen molar-refractivity contribution >= 4 is 17.3 Å². The SMILES string of the molecule is C/C(=N\NC(=O)CC[NH+]1CCN(c2ccccc2)CC1)c1ccc[nH]1. The standard InChI is InChI=1S/C19H25N5O/c1-16(18-8-5-10-20-18)21-22-19(25)9-11-23-12-14-24(15-13-23)17-6-3-2-4-7-17/h2-8,10,20H,9,11-15H2,1H3,(H,22,25)/p+1/b21-16+. The van der Waals surface area contributed by atoms with Crippen LogP contribution in [0.15, 0.2) is 53.8 Å². The fourth-order valence-corrected chi connectivity index (χ4v) is 3.08. The lowest BCUT2D eigenvalue weighted by Crippen LogP contribution is -3.15. The van der Waals surface area contributed by atoms with Gasteiger partial charge >= 0.3 is 0 Å². The van der Waals surface area contributed by atoms with Crippen molar-refractivity contribution in [2.75, 3.05) is 37.6 Å². The number of H-pyrrole nitrogens is 1. The van der Waals surface area contributed by atoms with Gasteiger partial charge in [-0.05, 0) is 31.2 Å². The monoisotopic (exact) mass is 340 g/mol. The second-order valence-corrected chi connectivity index (χ2v) is 6.39. The van der Waals surface area contributed by atoms with Gasteiger partial charge in [-0.15, -0.1) is 0 Å². The number of amides is 1. The van der Waals surface area contributed by atoms with Gasteiger partial charge in [0.05, 0.1) is 50.6 Å². The van der Waals surface area contributed by atoms with Crippen LogP contribution in [0.4, 0.5) is 5.69 Å². The largest absolute Gasteiger partial charge is 0.360 e. The molecule has 3 N–H and O–H groups in total. The summed E-state index contributed by atoms with van der Waals surface area (Å²) in [5.74, 6) is -0.0242. The summed E-state index contributed by atoms with van der Waals surface area (Å²) in [5.41, 5.74) is 5.63. The average molecular weight is 340 g/mol. The van der Waals surface area contributed by atoms with Gasteiger partial charge in [0, 0.05) is 11.9 Å². The number of nitrogens with zero attached hydrogens (tertiary/aromatic N) is 2. The third-order valence-corrected chi connectivity index (χ3v) is 4.63. The topological polar surface area (TPSA) is 64.9 Å². The maximum absolute atomic E-state index is 12.0. The van der Waals surface area contributed by atoms with E-state index < -0.39 is 0 Å². The first-order valence-corrected chi connectivity index (χ1v) is 8.83. The Kier molecular flexibility index (Phi) is 5.85. The lowest BCUT2D eigenvalue weighted by molar-refractivity contribution is -0.900. The van der Waals surface area contributed by atoms with Gasteiger partial charge in [-0.25, -0.2) is 5.43 Å². The van der Waals surface area contributed by atoms with Crippen LogP contribution in [0.2, 0.25) is 0 Å². The van der Waals surface area contributed by atoms with Crippen molar-refractivity contribution in [1.82, 2.24) is 10.4 Å². The number of hydrogen-bond acceptors (Lipinski definition) is 3. The third kappa shape index (κ3) is 4.93. The Morgan fingerprint density at radius 3 is 2.64 bits per heavy atom. The predicted octanol–water partition coefficient (Wildman–Crippen LogP) is 0.650. The van der Waals surface area contributed by atoms with Crippen LogP contribution in [0.25, 0.3) is 0 Å². The number of para-hydroxylation sites is 1. The molecule has 0 radical (unpaired) electrons.